The van der Waals surface area contributed by atoms with Crippen molar-refractivity contribution in [2.75, 3.05) is 205 Å². The van der Waals surface area contributed by atoms with E-state index in [9.17, 15) is 0 Å². The molecule has 3 aromatic rings. The van der Waals surface area contributed by atoms with Gasteiger partial charge in [0.15, 0.2) is 66.4 Å². The summed E-state index contributed by atoms with van der Waals surface area (Å²) >= 11 is 0. The van der Waals surface area contributed by atoms with E-state index >= 15 is 0 Å². The third-order valence-corrected chi connectivity index (χ3v) is 10.3. The van der Waals surface area contributed by atoms with E-state index in [4.69, 9.17) is 99.5 Å². The van der Waals surface area contributed by atoms with Crippen molar-refractivity contribution in [3.05, 3.63) is 96.5 Å². The van der Waals surface area contributed by atoms with Gasteiger partial charge in [-0.25, -0.2) is 0 Å². The van der Waals surface area contributed by atoms with Crippen LogP contribution < -0.4 is 28.4 Å². The van der Waals surface area contributed by atoms with Crippen molar-refractivity contribution in [2.45, 2.75) is 12.8 Å². The SMILES string of the molecule is C1=C2OCCOCCOc3ccccc3OCOCOCOC2=CCC1.C1COCCOCCOCCOCCOCCO1.c1ccc2c(c1)OCCOCCOCCOc1ccccc1OCCOCCOCCO2. The predicted octanol–water partition coefficient (Wildman–Crippen LogP) is 6.06. The molecule has 0 atom stereocenters. The molecule has 7 rings (SSSR count). The summed E-state index contributed by atoms with van der Waals surface area (Å²) in [6.07, 6.45) is 5.85. The highest BCUT2D eigenvalue weighted by molar-refractivity contribution is 5.41. The molecule has 1 aliphatic carbocycles. The maximum atomic E-state index is 5.78. The molecule has 426 valence electrons. The Kier molecular flexibility index (Phi) is 35.9. The van der Waals surface area contributed by atoms with Gasteiger partial charge in [-0.1, -0.05) is 36.4 Å². The molecule has 0 amide bonds. The first-order valence-corrected chi connectivity index (χ1v) is 26.1. The smallest absolute Gasteiger partial charge is 0.191 e. The molecule has 0 radical (unpaired) electrons. The molecular weight excluding hydrogens is 997 g/mol. The highest BCUT2D eigenvalue weighted by Gasteiger charge is 2.13. The van der Waals surface area contributed by atoms with E-state index < -0.39 is 0 Å². The molecule has 0 aromatic heterocycles. The predicted molar refractivity (Wildman–Crippen MR) is 276 cm³/mol. The van der Waals surface area contributed by atoms with Crippen LogP contribution in [-0.4, -0.2) is 205 Å². The zero-order valence-electron chi connectivity index (χ0n) is 44.0. The monoisotopic (exact) mass is 1080 g/mol. The molecule has 0 unspecified atom stereocenters. The second kappa shape index (κ2) is 44.0. The molecule has 4 aliphatic rings. The molecule has 3 aliphatic heterocycles. The summed E-state index contributed by atoms with van der Waals surface area (Å²) in [5.41, 5.74) is 0. The zero-order valence-corrected chi connectivity index (χ0v) is 44.0. The summed E-state index contributed by atoms with van der Waals surface area (Å²) in [5.74, 6) is 5.39. The molecule has 0 N–H and O–H groups in total. The molecule has 21 heteroatoms. The van der Waals surface area contributed by atoms with Crippen LogP contribution in [0.15, 0.2) is 96.5 Å². The lowest BCUT2D eigenvalue weighted by Gasteiger charge is -2.18. The lowest BCUT2D eigenvalue weighted by molar-refractivity contribution is -0.143. The zero-order chi connectivity index (χ0) is 52.7. The van der Waals surface area contributed by atoms with Crippen LogP contribution in [0.3, 0.4) is 0 Å². The van der Waals surface area contributed by atoms with Crippen LogP contribution in [0.2, 0.25) is 0 Å². The van der Waals surface area contributed by atoms with Gasteiger partial charge in [0.25, 0.3) is 0 Å². The number of hydrogen-bond donors (Lipinski definition) is 0. The van der Waals surface area contributed by atoms with Crippen LogP contribution >= 0.6 is 0 Å². The van der Waals surface area contributed by atoms with Crippen LogP contribution in [0, 0.1) is 0 Å². The van der Waals surface area contributed by atoms with Crippen LogP contribution in [0.1, 0.15) is 12.8 Å². The minimum atomic E-state index is 0.0494. The molecule has 1 saturated heterocycles. The van der Waals surface area contributed by atoms with Gasteiger partial charge >= 0.3 is 0 Å². The molecule has 0 bridgehead atoms. The fourth-order valence-corrected chi connectivity index (χ4v) is 6.62. The van der Waals surface area contributed by atoms with Crippen molar-refractivity contribution >= 4 is 0 Å². The molecule has 0 spiro atoms. The van der Waals surface area contributed by atoms with Crippen LogP contribution in [0.25, 0.3) is 0 Å². The maximum absolute atomic E-state index is 5.78. The van der Waals surface area contributed by atoms with E-state index in [-0.39, 0.29) is 20.4 Å². The number of fused-ring (bicyclic) bond motifs is 4. The second-order valence-corrected chi connectivity index (χ2v) is 15.9. The Hall–Kier alpha value is -4.98. The first-order valence-electron chi connectivity index (χ1n) is 26.1. The van der Waals surface area contributed by atoms with Gasteiger partial charge in [-0.05, 0) is 61.4 Å². The highest BCUT2D eigenvalue weighted by Crippen LogP contribution is 2.28. The quantitative estimate of drug-likeness (QED) is 0.252. The van der Waals surface area contributed by atoms with Crippen molar-refractivity contribution in [1.82, 2.24) is 0 Å². The Morgan fingerprint density at radius 3 is 0.671 bits per heavy atom. The lowest BCUT2D eigenvalue weighted by Crippen LogP contribution is -2.16. The topological polar surface area (TPSA) is 194 Å². The van der Waals surface area contributed by atoms with E-state index in [0.29, 0.717) is 225 Å². The summed E-state index contributed by atoms with van der Waals surface area (Å²) < 4.78 is 116. The summed E-state index contributed by atoms with van der Waals surface area (Å²) in [4.78, 5) is 0. The number of ether oxygens (including phenoxy) is 21. The summed E-state index contributed by atoms with van der Waals surface area (Å²) in [7, 11) is 0. The van der Waals surface area contributed by atoms with E-state index in [1.54, 1.807) is 0 Å². The van der Waals surface area contributed by atoms with E-state index in [1.807, 2.05) is 84.9 Å². The largest absolute Gasteiger partial charge is 0.488 e. The molecule has 21 nitrogen and oxygen atoms in total. The lowest BCUT2D eigenvalue weighted by atomic mass is 10.1. The van der Waals surface area contributed by atoms with Gasteiger partial charge in [0.1, 0.15) is 39.6 Å². The van der Waals surface area contributed by atoms with Gasteiger partial charge in [0, 0.05) is 0 Å². The molecule has 0 saturated carbocycles. The second-order valence-electron chi connectivity index (χ2n) is 15.9. The number of benzene rings is 3. The van der Waals surface area contributed by atoms with Crippen LogP contribution in [-0.2, 0) is 71.1 Å². The molecular formula is C55H80O21. The van der Waals surface area contributed by atoms with Gasteiger partial charge in [-0.2, -0.15) is 0 Å². The fourth-order valence-electron chi connectivity index (χ4n) is 6.62. The van der Waals surface area contributed by atoms with Crippen molar-refractivity contribution in [1.29, 1.82) is 0 Å². The van der Waals surface area contributed by atoms with Crippen molar-refractivity contribution in [2.24, 2.45) is 0 Å². The van der Waals surface area contributed by atoms with Gasteiger partial charge < -0.3 is 99.5 Å². The Morgan fingerprint density at radius 2 is 0.395 bits per heavy atom. The summed E-state index contributed by atoms with van der Waals surface area (Å²) in [5, 5.41) is 0. The highest BCUT2D eigenvalue weighted by atomic mass is 16.8. The van der Waals surface area contributed by atoms with E-state index in [0.717, 1.165) is 18.6 Å². The van der Waals surface area contributed by atoms with E-state index in [2.05, 4.69) is 0 Å². The Morgan fingerprint density at radius 1 is 0.184 bits per heavy atom. The van der Waals surface area contributed by atoms with Crippen molar-refractivity contribution in [3.63, 3.8) is 0 Å². The van der Waals surface area contributed by atoms with Gasteiger partial charge in [-0.3, -0.25) is 0 Å². The average Bonchev–Trinajstić information content (AvgIpc) is 3.44. The number of allylic oxidation sites excluding steroid dienone is 2. The number of hydrogen-bond acceptors (Lipinski definition) is 21. The normalized spacial score (nSPS) is 20.3. The van der Waals surface area contributed by atoms with Crippen LogP contribution in [0.5, 0.6) is 34.5 Å². The molecule has 76 heavy (non-hydrogen) atoms. The van der Waals surface area contributed by atoms with Gasteiger partial charge in [0.05, 0.1) is 145 Å². The minimum absolute atomic E-state index is 0.0494. The average molecular weight is 1080 g/mol. The molecule has 3 heterocycles. The van der Waals surface area contributed by atoms with Crippen LogP contribution in [0.4, 0.5) is 0 Å². The fraction of sp³-hybridized carbons (Fsp3) is 0.600. The van der Waals surface area contributed by atoms with Gasteiger partial charge in [-0.15, -0.1) is 0 Å². The van der Waals surface area contributed by atoms with E-state index in [1.165, 1.54) is 0 Å². The Labute approximate surface area is 447 Å². The standard InChI is InChI=1S/C24H32O8.C19H24O7.C12H24O6/c1-2-6-22-21(5-1)29-17-13-25-9-10-27-15-19-31-23-7-3-4-8-24(23)32-20-16-28-12-11-26-14-18-30-22;1-3-7-18-16(5-1)23-11-9-20-10-12-24-17-6-2-4-8-19(17)26-15-22-13-21-14-25-18;1-2-14-5-6-16-9-10-18-12-11-17-8-7-15-4-3-13-1/h1-8H,9-20H2;1,3,5-8H,2,4,9-15H2;1-12H2. The molecule has 3 aromatic carbocycles. The Bertz CT molecular complexity index is 1670. The summed E-state index contributed by atoms with van der Waals surface area (Å²) in [6.45, 7) is 14.5. The molecule has 1 fully saturated rings. The first-order chi connectivity index (χ1) is 37.9. The summed E-state index contributed by atoms with van der Waals surface area (Å²) in [6, 6.07) is 22.5. The number of rotatable bonds is 0. The first kappa shape index (κ1) is 61.9. The third-order valence-electron chi connectivity index (χ3n) is 10.3. The van der Waals surface area contributed by atoms with Crippen molar-refractivity contribution in [3.8, 4) is 34.5 Å². The minimum Gasteiger partial charge on any atom is -0.488 e. The Balaban J connectivity index is 0.000000219. The maximum Gasteiger partial charge on any atom is 0.191 e. The van der Waals surface area contributed by atoms with Crippen molar-refractivity contribution < 1.29 is 99.5 Å². The van der Waals surface area contributed by atoms with Gasteiger partial charge in [0.2, 0.25) is 0 Å². The third kappa shape index (κ3) is 30.1. The number of para-hydroxylation sites is 6.